The Bertz CT molecular complexity index is 1420. The number of amides is 1. The third-order valence-corrected chi connectivity index (χ3v) is 7.41. The van der Waals surface area contributed by atoms with Crippen molar-refractivity contribution in [2.45, 2.75) is 38.6 Å². The molecule has 2 aliphatic heterocycles. The second-order valence-corrected chi connectivity index (χ2v) is 9.92. The third kappa shape index (κ3) is 5.04. The van der Waals surface area contributed by atoms with E-state index in [9.17, 15) is 4.79 Å². The number of nitrogens with zero attached hydrogens (tertiary/aromatic N) is 3. The molecule has 4 aromatic rings. The van der Waals surface area contributed by atoms with Crippen LogP contribution in [0.4, 0.5) is 5.69 Å². The maximum atomic E-state index is 11.4. The van der Waals surface area contributed by atoms with Crippen LogP contribution in [0.3, 0.4) is 0 Å². The lowest BCUT2D eigenvalue weighted by molar-refractivity contribution is -0.114. The number of hydrogen-bond donors (Lipinski definition) is 1. The molecule has 37 heavy (non-hydrogen) atoms. The van der Waals surface area contributed by atoms with Crippen molar-refractivity contribution in [3.05, 3.63) is 72.3 Å². The van der Waals surface area contributed by atoms with Gasteiger partial charge in [-0.2, -0.15) is 0 Å². The van der Waals surface area contributed by atoms with Gasteiger partial charge < -0.3 is 24.3 Å². The van der Waals surface area contributed by atoms with Crippen LogP contribution in [-0.2, 0) is 11.3 Å². The molecule has 6 rings (SSSR count). The van der Waals surface area contributed by atoms with E-state index >= 15 is 0 Å². The molecular weight excluding hydrogens is 464 g/mol. The fourth-order valence-corrected chi connectivity index (χ4v) is 5.57. The van der Waals surface area contributed by atoms with Gasteiger partial charge in [-0.25, -0.2) is 4.98 Å². The summed E-state index contributed by atoms with van der Waals surface area (Å²) >= 11 is 0. The third-order valence-electron chi connectivity index (χ3n) is 7.41. The number of carbonyl (C=O) groups is 1. The molecule has 3 aromatic carbocycles. The molecule has 0 aliphatic carbocycles. The Labute approximate surface area is 217 Å². The number of fused-ring (bicyclic) bond motifs is 2. The molecule has 0 spiro atoms. The topological polar surface area (TPSA) is 68.6 Å². The van der Waals surface area contributed by atoms with Crippen LogP contribution >= 0.6 is 0 Å². The Kier molecular flexibility index (Phi) is 6.53. The first kappa shape index (κ1) is 23.6. The molecule has 7 nitrogen and oxygen atoms in total. The van der Waals surface area contributed by atoms with Crippen LogP contribution in [0.25, 0.3) is 22.4 Å². The lowest BCUT2D eigenvalue weighted by Gasteiger charge is -2.32. The van der Waals surface area contributed by atoms with Crippen molar-refractivity contribution < 1.29 is 14.3 Å². The molecular formula is C30H32N4O3. The summed E-state index contributed by atoms with van der Waals surface area (Å²) in [6.45, 7) is 5.97. The van der Waals surface area contributed by atoms with E-state index in [-0.39, 0.29) is 12.7 Å². The first-order chi connectivity index (χ1) is 18.1. The van der Waals surface area contributed by atoms with Crippen LogP contribution in [0, 0.1) is 0 Å². The van der Waals surface area contributed by atoms with Gasteiger partial charge in [0.1, 0.15) is 5.82 Å². The van der Waals surface area contributed by atoms with Crippen LogP contribution in [0.5, 0.6) is 11.5 Å². The summed E-state index contributed by atoms with van der Waals surface area (Å²) in [5.41, 5.74) is 5.43. The molecule has 1 amide bonds. The highest BCUT2D eigenvalue weighted by Gasteiger charge is 2.22. The van der Waals surface area contributed by atoms with Gasteiger partial charge >= 0.3 is 0 Å². The molecule has 1 N–H and O–H groups in total. The highest BCUT2D eigenvalue weighted by atomic mass is 16.7. The zero-order valence-electron chi connectivity index (χ0n) is 21.2. The van der Waals surface area contributed by atoms with E-state index in [0.29, 0.717) is 5.92 Å². The van der Waals surface area contributed by atoms with Gasteiger partial charge in [-0.15, -0.1) is 0 Å². The van der Waals surface area contributed by atoms with Crippen molar-refractivity contribution in [2.24, 2.45) is 0 Å². The number of para-hydroxylation sites is 2. The molecule has 1 fully saturated rings. The lowest BCUT2D eigenvalue weighted by atomic mass is 9.89. The van der Waals surface area contributed by atoms with E-state index in [2.05, 4.69) is 51.2 Å². The quantitative estimate of drug-likeness (QED) is 0.358. The minimum absolute atomic E-state index is 0.0284. The first-order valence-electron chi connectivity index (χ1n) is 13.1. The molecule has 1 saturated heterocycles. The standard InChI is InChI=1S/C30H32N4O3/c1-21(35)31-25-7-4-6-23(18-25)22-12-16-33(17-13-22)14-5-15-34-27-9-3-2-8-26(27)32-30(34)24-10-11-28-29(19-24)37-20-36-28/h2-4,6-11,18-19,22H,5,12-17,20H2,1H3,(H,31,35). The second kappa shape index (κ2) is 10.3. The van der Waals surface area contributed by atoms with Gasteiger partial charge in [0.15, 0.2) is 11.5 Å². The smallest absolute Gasteiger partial charge is 0.231 e. The summed E-state index contributed by atoms with van der Waals surface area (Å²) < 4.78 is 13.5. The summed E-state index contributed by atoms with van der Waals surface area (Å²) in [5, 5.41) is 2.91. The Morgan fingerprint density at radius 2 is 1.81 bits per heavy atom. The lowest BCUT2D eigenvalue weighted by Crippen LogP contribution is -2.34. The summed E-state index contributed by atoms with van der Waals surface area (Å²) in [6.07, 6.45) is 3.33. The molecule has 0 unspecified atom stereocenters. The van der Waals surface area contributed by atoms with Crippen molar-refractivity contribution in [1.29, 1.82) is 0 Å². The first-order valence-corrected chi connectivity index (χ1v) is 13.1. The molecule has 0 radical (unpaired) electrons. The van der Waals surface area contributed by atoms with Crippen LogP contribution in [0.15, 0.2) is 66.7 Å². The zero-order valence-corrected chi connectivity index (χ0v) is 21.2. The largest absolute Gasteiger partial charge is 0.454 e. The van der Waals surface area contributed by atoms with Crippen LogP contribution in [0.1, 0.15) is 37.7 Å². The minimum Gasteiger partial charge on any atom is -0.454 e. The highest BCUT2D eigenvalue weighted by molar-refractivity contribution is 5.88. The van der Waals surface area contributed by atoms with Crippen molar-refractivity contribution in [2.75, 3.05) is 31.7 Å². The van der Waals surface area contributed by atoms with E-state index in [4.69, 9.17) is 14.5 Å². The maximum Gasteiger partial charge on any atom is 0.231 e. The number of likely N-dealkylation sites (tertiary alicyclic amines) is 1. The molecule has 0 atom stereocenters. The van der Waals surface area contributed by atoms with E-state index in [1.54, 1.807) is 6.92 Å². The number of imidazole rings is 1. The Morgan fingerprint density at radius 1 is 0.973 bits per heavy atom. The number of benzene rings is 3. The van der Waals surface area contributed by atoms with Crippen molar-refractivity contribution in [1.82, 2.24) is 14.5 Å². The monoisotopic (exact) mass is 496 g/mol. The molecule has 2 aliphatic rings. The van der Waals surface area contributed by atoms with E-state index < -0.39 is 0 Å². The Balaban J connectivity index is 1.10. The van der Waals surface area contributed by atoms with Gasteiger partial charge in [-0.3, -0.25) is 4.79 Å². The molecule has 7 heteroatoms. The number of nitrogens with one attached hydrogen (secondary N) is 1. The number of anilines is 1. The van der Waals surface area contributed by atoms with Gasteiger partial charge in [0.25, 0.3) is 0 Å². The number of aryl methyl sites for hydroxylation is 1. The summed E-state index contributed by atoms with van der Waals surface area (Å²) in [7, 11) is 0. The fourth-order valence-electron chi connectivity index (χ4n) is 5.57. The number of carbonyl (C=O) groups excluding carboxylic acids is 1. The Morgan fingerprint density at radius 3 is 2.68 bits per heavy atom. The predicted octanol–water partition coefficient (Wildman–Crippen LogP) is 5.66. The number of piperidine rings is 1. The van der Waals surface area contributed by atoms with E-state index in [1.165, 1.54) is 5.56 Å². The van der Waals surface area contributed by atoms with Crippen molar-refractivity contribution >= 4 is 22.6 Å². The average molecular weight is 497 g/mol. The Hall–Kier alpha value is -3.84. The summed E-state index contributed by atoms with van der Waals surface area (Å²) in [5.74, 6) is 3.05. The molecule has 190 valence electrons. The SMILES string of the molecule is CC(=O)Nc1cccc(C2CCN(CCCn3c(-c4ccc5c(c4)OCO5)nc4ccccc43)CC2)c1. The number of hydrogen-bond acceptors (Lipinski definition) is 5. The van der Waals surface area contributed by atoms with E-state index in [1.807, 2.05) is 30.3 Å². The average Bonchev–Trinajstić information content (AvgIpc) is 3.53. The molecule has 0 bridgehead atoms. The van der Waals surface area contributed by atoms with Crippen molar-refractivity contribution in [3.63, 3.8) is 0 Å². The van der Waals surface area contributed by atoms with Crippen molar-refractivity contribution in [3.8, 4) is 22.9 Å². The minimum atomic E-state index is -0.0284. The van der Waals surface area contributed by atoms with Gasteiger partial charge in [0.05, 0.1) is 11.0 Å². The van der Waals surface area contributed by atoms with Gasteiger partial charge in [0.2, 0.25) is 12.7 Å². The summed E-state index contributed by atoms with van der Waals surface area (Å²) in [6, 6.07) is 22.7. The fraction of sp³-hybridized carbons (Fsp3) is 0.333. The van der Waals surface area contributed by atoms with E-state index in [0.717, 1.165) is 85.0 Å². The zero-order chi connectivity index (χ0) is 25.2. The second-order valence-electron chi connectivity index (χ2n) is 9.92. The van der Waals surface area contributed by atoms with Crippen LogP contribution < -0.4 is 14.8 Å². The highest BCUT2D eigenvalue weighted by Crippen LogP contribution is 2.36. The van der Waals surface area contributed by atoms with Crippen LogP contribution in [0.2, 0.25) is 0 Å². The predicted molar refractivity (Wildman–Crippen MR) is 145 cm³/mol. The van der Waals surface area contributed by atoms with Gasteiger partial charge in [-0.1, -0.05) is 24.3 Å². The summed E-state index contributed by atoms with van der Waals surface area (Å²) in [4.78, 5) is 19.0. The molecule has 3 heterocycles. The van der Waals surface area contributed by atoms with Gasteiger partial charge in [-0.05, 0) is 92.8 Å². The number of ether oxygens (including phenoxy) is 2. The molecule has 1 aromatic heterocycles. The van der Waals surface area contributed by atoms with Crippen LogP contribution in [-0.4, -0.2) is 46.8 Å². The number of rotatable bonds is 7. The number of aromatic nitrogens is 2. The van der Waals surface area contributed by atoms with Gasteiger partial charge in [0, 0.05) is 24.7 Å². The maximum absolute atomic E-state index is 11.4. The molecule has 0 saturated carbocycles. The normalized spacial score (nSPS) is 15.8.